The van der Waals surface area contributed by atoms with Gasteiger partial charge in [0.2, 0.25) is 0 Å². The molecule has 0 saturated carbocycles. The van der Waals surface area contributed by atoms with Gasteiger partial charge in [-0.15, -0.1) is 6.42 Å². The summed E-state index contributed by atoms with van der Waals surface area (Å²) in [7, 11) is 0. The third-order valence-corrected chi connectivity index (χ3v) is 3.26. The van der Waals surface area contributed by atoms with Gasteiger partial charge in [0, 0.05) is 6.20 Å². The summed E-state index contributed by atoms with van der Waals surface area (Å²) in [6.07, 6.45) is 10.3. The second-order valence-electron chi connectivity index (χ2n) is 5.44. The highest BCUT2D eigenvalue weighted by molar-refractivity contribution is 6.33. The van der Waals surface area contributed by atoms with E-state index in [1.165, 1.54) is 20.2 Å². The maximum atomic E-state index is 8.08. The molecular weight excluding hydrogens is 306 g/mol. The van der Waals surface area contributed by atoms with Crippen LogP contribution in [0, 0.1) is 12.3 Å². The van der Waals surface area contributed by atoms with Crippen LogP contribution in [0.2, 0.25) is 5.15 Å². The van der Waals surface area contributed by atoms with Gasteiger partial charge >= 0.3 is 0 Å². The molecule has 2 aromatic heterocycles. The summed E-state index contributed by atoms with van der Waals surface area (Å²) in [6, 6.07) is 1.89. The molecule has 1 fully saturated rings. The predicted molar refractivity (Wildman–Crippen MR) is 83.0 cm³/mol. The second-order valence-corrected chi connectivity index (χ2v) is 5.80. The van der Waals surface area contributed by atoms with Gasteiger partial charge < -0.3 is 19.5 Å². The van der Waals surface area contributed by atoms with E-state index in [0.717, 1.165) is 23.9 Å². The Kier molecular flexibility index (Phi) is 5.04. The molecule has 2 N–H and O–H groups in total. The van der Waals surface area contributed by atoms with Crippen molar-refractivity contribution < 1.29 is 14.9 Å². The first kappa shape index (κ1) is 16.7. The molecule has 1 saturated heterocycles. The van der Waals surface area contributed by atoms with Crippen LogP contribution in [0.5, 0.6) is 0 Å². The normalized spacial score (nSPS) is 21.3. The fourth-order valence-electron chi connectivity index (χ4n) is 2.12. The Balaban J connectivity index is 0.000000309. The first-order valence-corrected chi connectivity index (χ1v) is 7.21. The number of hydrogen-bond acceptors (Lipinski definition) is 5. The molecule has 0 aromatic carbocycles. The van der Waals surface area contributed by atoms with Crippen LogP contribution >= 0.6 is 11.6 Å². The molecule has 0 radical (unpaired) electrons. The van der Waals surface area contributed by atoms with E-state index < -0.39 is 5.79 Å². The van der Waals surface area contributed by atoms with Crippen molar-refractivity contribution >= 4 is 22.6 Å². The molecule has 1 aliphatic rings. The smallest absolute Gasteiger partial charge is 0.156 e. The van der Waals surface area contributed by atoms with E-state index in [-0.39, 0.29) is 12.3 Å². The maximum absolute atomic E-state index is 8.08. The average Bonchev–Trinajstić information content (AvgIpc) is 3.02. The van der Waals surface area contributed by atoms with Crippen LogP contribution in [0.4, 0.5) is 0 Å². The molecule has 118 valence electrons. The van der Waals surface area contributed by atoms with Crippen molar-refractivity contribution in [2.75, 3.05) is 0 Å². The van der Waals surface area contributed by atoms with Crippen molar-refractivity contribution in [2.45, 2.75) is 44.8 Å². The molecule has 1 aliphatic heterocycles. The fraction of sp³-hybridized carbons (Fsp3) is 0.467. The van der Waals surface area contributed by atoms with E-state index in [9.17, 15) is 0 Å². The summed E-state index contributed by atoms with van der Waals surface area (Å²) < 4.78 is 7.68. The third-order valence-electron chi connectivity index (χ3n) is 2.95. The van der Waals surface area contributed by atoms with Crippen LogP contribution in [0.3, 0.4) is 0 Å². The summed E-state index contributed by atoms with van der Waals surface area (Å²) in [6.45, 7) is 2.60. The van der Waals surface area contributed by atoms with Gasteiger partial charge in [-0.3, -0.25) is 0 Å². The minimum absolute atomic E-state index is 0.0560. The Hall–Kier alpha value is -1.65. The van der Waals surface area contributed by atoms with Crippen molar-refractivity contribution in [1.29, 1.82) is 0 Å². The molecule has 1 unspecified atom stereocenters. The van der Waals surface area contributed by atoms with Gasteiger partial charge in [0.05, 0.1) is 5.39 Å². The molecule has 2 aromatic rings. The Morgan fingerprint density at radius 1 is 1.41 bits per heavy atom. The molecule has 0 bridgehead atoms. The highest BCUT2D eigenvalue weighted by atomic mass is 35.5. The van der Waals surface area contributed by atoms with Gasteiger partial charge in [0.1, 0.15) is 29.5 Å². The highest BCUT2D eigenvalue weighted by Crippen LogP contribution is 2.31. The topological polar surface area (TPSA) is 80.4 Å². The summed E-state index contributed by atoms with van der Waals surface area (Å²) in [5, 5.41) is 17.4. The van der Waals surface area contributed by atoms with E-state index in [1.54, 1.807) is 0 Å². The van der Waals surface area contributed by atoms with Gasteiger partial charge in [-0.2, -0.15) is 0 Å². The molecule has 22 heavy (non-hydrogen) atoms. The molecule has 3 rings (SSSR count). The Morgan fingerprint density at radius 2 is 2.09 bits per heavy atom. The first-order chi connectivity index (χ1) is 10.3. The van der Waals surface area contributed by atoms with Crippen LogP contribution in [-0.4, -0.2) is 36.6 Å². The van der Waals surface area contributed by atoms with Crippen LogP contribution in [0.25, 0.3) is 11.0 Å². The minimum Gasteiger partial charge on any atom is -0.366 e. The van der Waals surface area contributed by atoms with Crippen molar-refractivity contribution in [3.05, 3.63) is 23.7 Å². The van der Waals surface area contributed by atoms with Gasteiger partial charge in [-0.1, -0.05) is 17.5 Å². The molecule has 6 nitrogen and oxygen atoms in total. The zero-order chi connectivity index (χ0) is 16.3. The molecule has 7 heteroatoms. The van der Waals surface area contributed by atoms with E-state index in [0.29, 0.717) is 5.15 Å². The van der Waals surface area contributed by atoms with Gasteiger partial charge in [-0.05, 0) is 32.8 Å². The van der Waals surface area contributed by atoms with E-state index in [1.807, 2.05) is 16.8 Å². The Labute approximate surface area is 133 Å². The van der Waals surface area contributed by atoms with Crippen molar-refractivity contribution in [3.8, 4) is 12.3 Å². The lowest BCUT2D eigenvalue weighted by Gasteiger charge is -2.13. The van der Waals surface area contributed by atoms with E-state index in [2.05, 4.69) is 15.9 Å². The molecule has 2 atom stereocenters. The summed E-state index contributed by atoms with van der Waals surface area (Å²) in [5.41, 5.74) is 0.785. The van der Waals surface area contributed by atoms with Crippen molar-refractivity contribution in [2.24, 2.45) is 0 Å². The molecule has 0 aliphatic carbocycles. The number of ether oxygens (including phenoxy) is 1. The molecule has 0 spiro atoms. The van der Waals surface area contributed by atoms with E-state index in [4.69, 9.17) is 33.0 Å². The van der Waals surface area contributed by atoms with Crippen LogP contribution < -0.4 is 0 Å². The monoisotopic (exact) mass is 323 g/mol. The van der Waals surface area contributed by atoms with Crippen molar-refractivity contribution in [3.63, 3.8) is 0 Å². The Morgan fingerprint density at radius 3 is 2.68 bits per heavy atom. The number of aromatic nitrogens is 3. The van der Waals surface area contributed by atoms with Crippen LogP contribution in [0.15, 0.2) is 18.6 Å². The second kappa shape index (κ2) is 6.63. The quantitative estimate of drug-likeness (QED) is 0.477. The molecule has 3 heterocycles. The number of halogens is 1. The third kappa shape index (κ3) is 4.18. The number of terminal acetylenes is 1. The number of nitrogens with zero attached hydrogens (tertiary/aromatic N) is 3. The number of hydrogen-bond donors (Lipinski definition) is 2. The largest absolute Gasteiger partial charge is 0.366 e. The number of rotatable bonds is 1. The predicted octanol–water partition coefficient (Wildman–Crippen LogP) is 2.10. The SMILES string of the molecule is C#C[C@@H]1CCC(n2ccc3c(Cl)ncnc32)O1.CC(C)(O)O. The number of aliphatic hydroxyl groups is 2. The van der Waals surface area contributed by atoms with Crippen LogP contribution in [0.1, 0.15) is 32.9 Å². The summed E-state index contributed by atoms with van der Waals surface area (Å²) in [4.78, 5) is 8.18. The lowest BCUT2D eigenvalue weighted by Crippen LogP contribution is -2.15. The van der Waals surface area contributed by atoms with Crippen molar-refractivity contribution in [1.82, 2.24) is 14.5 Å². The standard InChI is InChI=1S/C12H10ClN3O.C3H8O2/c1-2-8-3-4-10(17-8)16-6-5-9-11(13)14-7-15-12(9)16;1-3(2,4)5/h1,5-8,10H,3-4H2;4-5H,1-2H3/t8-,10?;/m1./s1. The highest BCUT2D eigenvalue weighted by Gasteiger charge is 2.26. The van der Waals surface area contributed by atoms with E-state index >= 15 is 0 Å². The lowest BCUT2D eigenvalue weighted by atomic mass is 10.2. The maximum Gasteiger partial charge on any atom is 0.156 e. The van der Waals surface area contributed by atoms with Gasteiger partial charge in [0.15, 0.2) is 5.79 Å². The molecule has 0 amide bonds. The summed E-state index contributed by atoms with van der Waals surface area (Å²) in [5.74, 6) is 1.12. The molecular formula is C15H18ClN3O3. The number of fused-ring (bicyclic) bond motifs is 1. The first-order valence-electron chi connectivity index (χ1n) is 6.83. The lowest BCUT2D eigenvalue weighted by molar-refractivity contribution is -0.127. The van der Waals surface area contributed by atoms with Gasteiger partial charge in [0.25, 0.3) is 0 Å². The Bertz CT molecular complexity index is 681. The minimum atomic E-state index is -1.50. The zero-order valence-corrected chi connectivity index (χ0v) is 13.2. The van der Waals surface area contributed by atoms with Gasteiger partial charge in [-0.25, -0.2) is 9.97 Å². The zero-order valence-electron chi connectivity index (χ0n) is 12.4. The average molecular weight is 324 g/mol. The summed E-state index contributed by atoms with van der Waals surface area (Å²) >= 11 is 6.00. The fourth-order valence-corrected chi connectivity index (χ4v) is 2.31. The van der Waals surface area contributed by atoms with Crippen LogP contribution in [-0.2, 0) is 4.74 Å².